The molecule has 0 aliphatic carbocycles. The van der Waals surface area contributed by atoms with Crippen molar-refractivity contribution < 1.29 is 27.5 Å². The van der Waals surface area contributed by atoms with Crippen LogP contribution >= 0.6 is 0 Å². The summed E-state index contributed by atoms with van der Waals surface area (Å²) >= 11 is 0. The molecule has 114 valence electrons. The Hall–Kier alpha value is -2.12. The average Bonchev–Trinajstić information content (AvgIpc) is 2.68. The third kappa shape index (κ3) is 2.57. The van der Waals surface area contributed by atoms with E-state index in [0.29, 0.717) is 4.57 Å². The molecular formula is C13H12F4N2O2. The first-order chi connectivity index (χ1) is 9.64. The first kappa shape index (κ1) is 15.3. The van der Waals surface area contributed by atoms with Gasteiger partial charge in [0.2, 0.25) is 0 Å². The number of alkyl halides is 4. The Labute approximate surface area is 117 Å². The van der Waals surface area contributed by atoms with Crippen LogP contribution in [-0.4, -0.2) is 27.1 Å². The van der Waals surface area contributed by atoms with Crippen LogP contribution in [0.4, 0.5) is 17.6 Å². The van der Waals surface area contributed by atoms with E-state index in [0.717, 1.165) is 11.1 Å². The van der Waals surface area contributed by atoms with Gasteiger partial charge in [-0.3, -0.25) is 4.79 Å². The molecule has 21 heavy (non-hydrogen) atoms. The molecule has 1 aromatic heterocycles. The van der Waals surface area contributed by atoms with Gasteiger partial charge in [0.05, 0.1) is 11.0 Å². The molecule has 1 aromatic carbocycles. The SMILES string of the molecule is Cc1cc2nc(C(F)(F)C(F)F)n(CC(=O)O)c2cc1C. The molecule has 1 heterocycles. The zero-order chi connectivity index (χ0) is 15.9. The van der Waals surface area contributed by atoms with E-state index < -0.39 is 30.7 Å². The molecule has 0 radical (unpaired) electrons. The van der Waals surface area contributed by atoms with Crippen LogP contribution in [0.3, 0.4) is 0 Å². The molecule has 0 amide bonds. The maximum absolute atomic E-state index is 13.6. The first-order valence-corrected chi connectivity index (χ1v) is 6.00. The van der Waals surface area contributed by atoms with Gasteiger partial charge in [-0.25, -0.2) is 13.8 Å². The molecule has 0 spiro atoms. The first-order valence-electron chi connectivity index (χ1n) is 6.00. The van der Waals surface area contributed by atoms with Crippen LogP contribution < -0.4 is 0 Å². The van der Waals surface area contributed by atoms with E-state index in [1.807, 2.05) is 0 Å². The lowest BCUT2D eigenvalue weighted by molar-refractivity contribution is -0.145. The highest BCUT2D eigenvalue weighted by Gasteiger charge is 2.47. The van der Waals surface area contributed by atoms with Gasteiger partial charge in [-0.05, 0) is 37.1 Å². The van der Waals surface area contributed by atoms with Crippen molar-refractivity contribution in [2.24, 2.45) is 0 Å². The van der Waals surface area contributed by atoms with E-state index in [9.17, 15) is 22.4 Å². The number of nitrogens with zero attached hydrogens (tertiary/aromatic N) is 2. The fraction of sp³-hybridized carbons (Fsp3) is 0.385. The molecule has 0 aliphatic heterocycles. The molecule has 4 nitrogen and oxygen atoms in total. The minimum Gasteiger partial charge on any atom is -0.480 e. The van der Waals surface area contributed by atoms with Crippen LogP contribution in [0.2, 0.25) is 0 Å². The maximum atomic E-state index is 13.6. The van der Waals surface area contributed by atoms with Gasteiger partial charge in [-0.15, -0.1) is 0 Å². The average molecular weight is 304 g/mol. The highest BCUT2D eigenvalue weighted by Crippen LogP contribution is 2.36. The van der Waals surface area contributed by atoms with Gasteiger partial charge in [-0.1, -0.05) is 0 Å². The smallest absolute Gasteiger partial charge is 0.364 e. The summed E-state index contributed by atoms with van der Waals surface area (Å²) in [6.45, 7) is 2.56. The Bertz CT molecular complexity index is 710. The number of aromatic nitrogens is 2. The van der Waals surface area contributed by atoms with Gasteiger partial charge >= 0.3 is 18.3 Å². The van der Waals surface area contributed by atoms with E-state index >= 15 is 0 Å². The summed E-state index contributed by atoms with van der Waals surface area (Å²) in [5, 5.41) is 8.82. The lowest BCUT2D eigenvalue weighted by Crippen LogP contribution is -2.29. The lowest BCUT2D eigenvalue weighted by Gasteiger charge is -2.16. The third-order valence-corrected chi connectivity index (χ3v) is 3.23. The summed E-state index contributed by atoms with van der Waals surface area (Å²) in [5.74, 6) is -7.17. The van der Waals surface area contributed by atoms with Crippen molar-refractivity contribution in [3.63, 3.8) is 0 Å². The number of hydrogen-bond acceptors (Lipinski definition) is 2. The summed E-state index contributed by atoms with van der Waals surface area (Å²) in [6.07, 6.45) is -3.97. The van der Waals surface area contributed by atoms with Crippen LogP contribution in [0.25, 0.3) is 11.0 Å². The number of fused-ring (bicyclic) bond motifs is 1. The largest absolute Gasteiger partial charge is 0.480 e. The molecule has 0 atom stereocenters. The van der Waals surface area contributed by atoms with Crippen molar-refractivity contribution in [1.29, 1.82) is 0 Å². The maximum Gasteiger partial charge on any atom is 0.364 e. The monoisotopic (exact) mass is 304 g/mol. The number of carbonyl (C=O) groups is 1. The topological polar surface area (TPSA) is 55.1 Å². The van der Waals surface area contributed by atoms with Crippen LogP contribution in [-0.2, 0) is 17.3 Å². The van der Waals surface area contributed by atoms with E-state index in [1.165, 1.54) is 12.1 Å². The van der Waals surface area contributed by atoms with E-state index in [-0.39, 0.29) is 11.0 Å². The summed E-state index contributed by atoms with van der Waals surface area (Å²) in [6, 6.07) is 2.93. The Morgan fingerprint density at radius 3 is 2.43 bits per heavy atom. The molecule has 0 saturated heterocycles. The highest BCUT2D eigenvalue weighted by molar-refractivity contribution is 5.80. The Morgan fingerprint density at radius 1 is 1.33 bits per heavy atom. The summed E-state index contributed by atoms with van der Waals surface area (Å²) in [5.41, 5.74) is 1.63. The van der Waals surface area contributed by atoms with Crippen molar-refractivity contribution >= 4 is 17.0 Å². The van der Waals surface area contributed by atoms with Gasteiger partial charge in [-0.2, -0.15) is 8.78 Å². The number of aryl methyl sites for hydroxylation is 2. The highest BCUT2D eigenvalue weighted by atomic mass is 19.3. The number of rotatable bonds is 4. The lowest BCUT2D eigenvalue weighted by atomic mass is 10.1. The number of carboxylic acids is 1. The molecule has 0 unspecified atom stereocenters. The molecule has 2 rings (SSSR count). The predicted molar refractivity (Wildman–Crippen MR) is 66.7 cm³/mol. The summed E-state index contributed by atoms with van der Waals surface area (Å²) in [7, 11) is 0. The van der Waals surface area contributed by atoms with Crippen LogP contribution in [0, 0.1) is 13.8 Å². The zero-order valence-corrected chi connectivity index (χ0v) is 11.2. The minimum absolute atomic E-state index is 0.0645. The van der Waals surface area contributed by atoms with Crippen LogP contribution in [0.15, 0.2) is 12.1 Å². The second kappa shape index (κ2) is 5.01. The van der Waals surface area contributed by atoms with Gasteiger partial charge in [0.1, 0.15) is 6.54 Å². The normalized spacial score (nSPS) is 12.3. The summed E-state index contributed by atoms with van der Waals surface area (Å²) < 4.78 is 52.9. The second-order valence-electron chi connectivity index (χ2n) is 4.76. The molecule has 8 heteroatoms. The molecule has 0 aliphatic rings. The Balaban J connectivity index is 2.77. The van der Waals surface area contributed by atoms with Crippen molar-refractivity contribution in [3.05, 3.63) is 29.1 Å². The second-order valence-corrected chi connectivity index (χ2v) is 4.76. The predicted octanol–water partition coefficient (Wildman–Crippen LogP) is 3.09. The van der Waals surface area contributed by atoms with Crippen molar-refractivity contribution in [2.75, 3.05) is 0 Å². The molecule has 1 N–H and O–H groups in total. The number of hydrogen-bond donors (Lipinski definition) is 1. The fourth-order valence-corrected chi connectivity index (χ4v) is 2.03. The van der Waals surface area contributed by atoms with Crippen LogP contribution in [0.1, 0.15) is 17.0 Å². The van der Waals surface area contributed by atoms with Crippen molar-refractivity contribution in [3.8, 4) is 0 Å². The Morgan fingerprint density at radius 2 is 1.90 bits per heavy atom. The van der Waals surface area contributed by atoms with E-state index in [1.54, 1.807) is 13.8 Å². The van der Waals surface area contributed by atoms with Gasteiger partial charge in [0.15, 0.2) is 5.82 Å². The quantitative estimate of drug-likeness (QED) is 0.883. The third-order valence-electron chi connectivity index (χ3n) is 3.23. The minimum atomic E-state index is -4.52. The van der Waals surface area contributed by atoms with Gasteiger partial charge in [0, 0.05) is 0 Å². The van der Waals surface area contributed by atoms with E-state index in [2.05, 4.69) is 4.98 Å². The molecule has 2 aromatic rings. The molecular weight excluding hydrogens is 292 g/mol. The van der Waals surface area contributed by atoms with Crippen molar-refractivity contribution in [2.45, 2.75) is 32.7 Å². The Kier molecular flexibility index (Phi) is 3.65. The number of halogens is 4. The number of benzene rings is 1. The van der Waals surface area contributed by atoms with E-state index in [4.69, 9.17) is 5.11 Å². The molecule has 0 fully saturated rings. The number of aliphatic carboxylic acids is 1. The van der Waals surface area contributed by atoms with Gasteiger partial charge in [0.25, 0.3) is 0 Å². The molecule has 0 saturated carbocycles. The number of imidazole rings is 1. The standard InChI is InChI=1S/C13H12F4N2O2/c1-6-3-8-9(4-7(6)2)19(5-10(20)21)12(18-8)13(16,17)11(14)15/h3-4,11H,5H2,1-2H3,(H,20,21). The van der Waals surface area contributed by atoms with Gasteiger partial charge < -0.3 is 9.67 Å². The summed E-state index contributed by atoms with van der Waals surface area (Å²) in [4.78, 5) is 14.4. The van der Waals surface area contributed by atoms with Crippen molar-refractivity contribution in [1.82, 2.24) is 9.55 Å². The van der Waals surface area contributed by atoms with Crippen LogP contribution in [0.5, 0.6) is 0 Å². The number of carboxylic acid groups (broad SMARTS) is 1. The fourth-order valence-electron chi connectivity index (χ4n) is 2.03. The molecule has 0 bridgehead atoms. The zero-order valence-electron chi connectivity index (χ0n) is 11.2.